The third kappa shape index (κ3) is 2.84. The molecule has 1 rings (SSSR count). The van der Waals surface area contributed by atoms with E-state index in [-0.39, 0.29) is 23.5 Å². The van der Waals surface area contributed by atoms with Gasteiger partial charge in [-0.2, -0.15) is 0 Å². The monoisotopic (exact) mass is 159 g/mol. The van der Waals surface area contributed by atoms with Crippen LogP contribution in [0.15, 0.2) is 0 Å². The molecule has 0 aromatic rings. The Balaban J connectivity index is 2.28. The highest BCUT2D eigenvalue weighted by Gasteiger charge is 2.23. The Kier molecular flexibility index (Phi) is 2.82. The van der Waals surface area contributed by atoms with Gasteiger partial charge in [-0.3, -0.25) is 10.1 Å². The van der Waals surface area contributed by atoms with E-state index < -0.39 is 0 Å². The van der Waals surface area contributed by atoms with Crippen molar-refractivity contribution in [3.8, 4) is 0 Å². The highest BCUT2D eigenvalue weighted by atomic mass is 16.6. The SMILES string of the molecule is O=[N+]([O-])C[C@H]1CCC[C@H](O)C1. The van der Waals surface area contributed by atoms with Gasteiger partial charge >= 0.3 is 0 Å². The van der Waals surface area contributed by atoms with Crippen molar-refractivity contribution in [1.82, 2.24) is 0 Å². The van der Waals surface area contributed by atoms with E-state index >= 15 is 0 Å². The molecule has 4 nitrogen and oxygen atoms in total. The number of rotatable bonds is 2. The summed E-state index contributed by atoms with van der Waals surface area (Å²) in [5, 5.41) is 19.3. The van der Waals surface area contributed by atoms with Gasteiger partial charge in [-0.25, -0.2) is 0 Å². The Labute approximate surface area is 65.4 Å². The van der Waals surface area contributed by atoms with Crippen LogP contribution in [0.4, 0.5) is 0 Å². The first-order valence-electron chi connectivity index (χ1n) is 3.98. The van der Waals surface area contributed by atoms with Gasteiger partial charge in [0.15, 0.2) is 0 Å². The summed E-state index contributed by atoms with van der Waals surface area (Å²) in [5.74, 6) is 0.105. The first-order chi connectivity index (χ1) is 5.18. The third-order valence-corrected chi connectivity index (χ3v) is 2.16. The lowest BCUT2D eigenvalue weighted by atomic mass is 9.87. The van der Waals surface area contributed by atoms with Crippen molar-refractivity contribution < 1.29 is 10.0 Å². The van der Waals surface area contributed by atoms with Crippen LogP contribution in [0.1, 0.15) is 25.7 Å². The lowest BCUT2D eigenvalue weighted by Crippen LogP contribution is -2.24. The second-order valence-corrected chi connectivity index (χ2v) is 3.20. The molecule has 0 heterocycles. The summed E-state index contributed by atoms with van der Waals surface area (Å²) in [6.07, 6.45) is 2.96. The van der Waals surface area contributed by atoms with Gasteiger partial charge in [0, 0.05) is 10.8 Å². The topological polar surface area (TPSA) is 63.4 Å². The van der Waals surface area contributed by atoms with Crippen LogP contribution < -0.4 is 0 Å². The van der Waals surface area contributed by atoms with E-state index in [0.29, 0.717) is 6.42 Å². The van der Waals surface area contributed by atoms with Crippen molar-refractivity contribution >= 4 is 0 Å². The van der Waals surface area contributed by atoms with E-state index in [4.69, 9.17) is 5.11 Å². The predicted molar refractivity (Wildman–Crippen MR) is 39.8 cm³/mol. The summed E-state index contributed by atoms with van der Waals surface area (Å²) in [4.78, 5) is 9.81. The molecule has 0 bridgehead atoms. The second-order valence-electron chi connectivity index (χ2n) is 3.20. The molecule has 0 spiro atoms. The number of nitrogens with zero attached hydrogens (tertiary/aromatic N) is 1. The van der Waals surface area contributed by atoms with Gasteiger partial charge in [0.05, 0.1) is 6.10 Å². The molecule has 0 aliphatic heterocycles. The normalized spacial score (nSPS) is 31.7. The Bertz CT molecular complexity index is 149. The van der Waals surface area contributed by atoms with Crippen LogP contribution in [-0.4, -0.2) is 22.7 Å². The molecule has 1 saturated carbocycles. The maximum Gasteiger partial charge on any atom is 0.206 e. The average Bonchev–Trinajstić information content (AvgIpc) is 1.85. The molecule has 0 saturated heterocycles. The van der Waals surface area contributed by atoms with Crippen LogP contribution in [0.25, 0.3) is 0 Å². The molecule has 1 aliphatic rings. The quantitative estimate of drug-likeness (QED) is 0.479. The fraction of sp³-hybridized carbons (Fsp3) is 1.00. The highest BCUT2D eigenvalue weighted by molar-refractivity contribution is 4.71. The fourth-order valence-corrected chi connectivity index (χ4v) is 1.64. The number of aliphatic hydroxyl groups is 1. The second kappa shape index (κ2) is 3.67. The molecule has 1 fully saturated rings. The maximum absolute atomic E-state index is 10.1. The van der Waals surface area contributed by atoms with E-state index in [1.165, 1.54) is 0 Å². The Morgan fingerprint density at radius 1 is 1.55 bits per heavy atom. The first kappa shape index (κ1) is 8.46. The minimum Gasteiger partial charge on any atom is -0.393 e. The molecule has 1 aliphatic carbocycles. The molecule has 0 amide bonds. The summed E-state index contributed by atoms with van der Waals surface area (Å²) in [7, 11) is 0. The molecule has 1 N–H and O–H groups in total. The summed E-state index contributed by atoms with van der Waals surface area (Å²) >= 11 is 0. The van der Waals surface area contributed by atoms with Crippen LogP contribution >= 0.6 is 0 Å². The van der Waals surface area contributed by atoms with E-state index in [2.05, 4.69) is 0 Å². The maximum atomic E-state index is 10.1. The number of aliphatic hydroxyl groups excluding tert-OH is 1. The third-order valence-electron chi connectivity index (χ3n) is 2.16. The van der Waals surface area contributed by atoms with Gasteiger partial charge in [-0.1, -0.05) is 6.42 Å². The molecule has 11 heavy (non-hydrogen) atoms. The molecule has 0 aromatic heterocycles. The van der Waals surface area contributed by atoms with Crippen LogP contribution in [0.2, 0.25) is 0 Å². The largest absolute Gasteiger partial charge is 0.393 e. The zero-order chi connectivity index (χ0) is 8.27. The number of hydrogen-bond donors (Lipinski definition) is 1. The Morgan fingerprint density at radius 3 is 2.82 bits per heavy atom. The van der Waals surface area contributed by atoms with Gasteiger partial charge in [-0.15, -0.1) is 0 Å². The smallest absolute Gasteiger partial charge is 0.206 e. The van der Waals surface area contributed by atoms with Crippen LogP contribution in [0.5, 0.6) is 0 Å². The van der Waals surface area contributed by atoms with Crippen molar-refractivity contribution in [3.63, 3.8) is 0 Å². The van der Waals surface area contributed by atoms with Crippen molar-refractivity contribution in [3.05, 3.63) is 10.1 Å². The lowest BCUT2D eigenvalue weighted by Gasteiger charge is -2.22. The van der Waals surface area contributed by atoms with Crippen molar-refractivity contribution in [1.29, 1.82) is 0 Å². The Hall–Kier alpha value is -0.640. The molecular weight excluding hydrogens is 146 g/mol. The van der Waals surface area contributed by atoms with Crippen LogP contribution in [-0.2, 0) is 0 Å². The molecule has 64 valence electrons. The molecule has 0 unspecified atom stereocenters. The molecular formula is C7H13NO3. The van der Waals surface area contributed by atoms with Gasteiger partial charge in [0.1, 0.15) is 0 Å². The van der Waals surface area contributed by atoms with Gasteiger partial charge in [0.25, 0.3) is 0 Å². The lowest BCUT2D eigenvalue weighted by molar-refractivity contribution is -0.489. The zero-order valence-corrected chi connectivity index (χ0v) is 6.40. The molecule has 0 aromatic carbocycles. The summed E-state index contributed by atoms with van der Waals surface area (Å²) in [5.41, 5.74) is 0. The van der Waals surface area contributed by atoms with E-state index in [1.54, 1.807) is 0 Å². The van der Waals surface area contributed by atoms with Crippen molar-refractivity contribution in [2.45, 2.75) is 31.8 Å². The standard InChI is InChI=1S/C7H13NO3/c9-7-3-1-2-6(4-7)5-8(10)11/h6-7,9H,1-5H2/t6-,7-/m0/s1. The number of nitro groups is 1. The van der Waals surface area contributed by atoms with Gasteiger partial charge in [0.2, 0.25) is 6.54 Å². The fourth-order valence-electron chi connectivity index (χ4n) is 1.64. The average molecular weight is 159 g/mol. The summed E-state index contributed by atoms with van der Waals surface area (Å²) in [6, 6.07) is 0. The van der Waals surface area contributed by atoms with E-state index in [0.717, 1.165) is 19.3 Å². The van der Waals surface area contributed by atoms with E-state index in [9.17, 15) is 10.1 Å². The minimum absolute atomic E-state index is 0.0249. The highest BCUT2D eigenvalue weighted by Crippen LogP contribution is 2.23. The summed E-state index contributed by atoms with van der Waals surface area (Å²) < 4.78 is 0. The minimum atomic E-state index is -0.298. The zero-order valence-electron chi connectivity index (χ0n) is 6.40. The molecule has 4 heteroatoms. The first-order valence-corrected chi connectivity index (χ1v) is 3.98. The van der Waals surface area contributed by atoms with Gasteiger partial charge < -0.3 is 5.11 Å². The van der Waals surface area contributed by atoms with E-state index in [1.807, 2.05) is 0 Å². The molecule has 2 atom stereocenters. The molecule has 0 radical (unpaired) electrons. The number of hydrogen-bond acceptors (Lipinski definition) is 3. The van der Waals surface area contributed by atoms with Gasteiger partial charge in [-0.05, 0) is 19.3 Å². The van der Waals surface area contributed by atoms with Crippen LogP contribution in [0.3, 0.4) is 0 Å². The van der Waals surface area contributed by atoms with Crippen molar-refractivity contribution in [2.24, 2.45) is 5.92 Å². The predicted octanol–water partition coefficient (Wildman–Crippen LogP) is 0.814. The van der Waals surface area contributed by atoms with Crippen LogP contribution in [0, 0.1) is 16.0 Å². The van der Waals surface area contributed by atoms with Crippen molar-refractivity contribution in [2.75, 3.05) is 6.54 Å². The Morgan fingerprint density at radius 2 is 2.27 bits per heavy atom. The summed E-state index contributed by atoms with van der Waals surface area (Å²) in [6.45, 7) is 0.0249.